The summed E-state index contributed by atoms with van der Waals surface area (Å²) >= 11 is 0. The summed E-state index contributed by atoms with van der Waals surface area (Å²) in [7, 11) is 0. The molecule has 0 aliphatic carbocycles. The second-order valence-corrected chi connectivity index (χ2v) is 4.30. The molecule has 0 aromatic carbocycles. The van der Waals surface area contributed by atoms with Gasteiger partial charge in [0.25, 0.3) is 0 Å². The fraction of sp³-hybridized carbons (Fsp3) is 0.583. The van der Waals surface area contributed by atoms with E-state index in [1.165, 1.54) is 6.20 Å². The molecule has 0 spiro atoms. The van der Waals surface area contributed by atoms with Crippen LogP contribution in [0.3, 0.4) is 0 Å². The highest BCUT2D eigenvalue weighted by Gasteiger charge is 2.17. The number of hydrogen-bond donors (Lipinski definition) is 0. The monoisotopic (exact) mass is 247 g/mol. The summed E-state index contributed by atoms with van der Waals surface area (Å²) in [5, 5.41) is 6.69. The molecule has 1 rings (SSSR count). The zero-order valence-electron chi connectivity index (χ0n) is 10.7. The Morgan fingerprint density at radius 2 is 2.33 bits per heavy atom. The zero-order chi connectivity index (χ0) is 13.4. The van der Waals surface area contributed by atoms with Crippen LogP contribution >= 0.6 is 0 Å². The third kappa shape index (κ3) is 3.82. The molecule has 0 N–H and O–H groups in total. The Balaban J connectivity index is 2.96. The van der Waals surface area contributed by atoms with E-state index >= 15 is 0 Å². The van der Waals surface area contributed by atoms with Gasteiger partial charge in [-0.3, -0.25) is 4.98 Å². The lowest BCUT2D eigenvalue weighted by Crippen LogP contribution is -2.07. The summed E-state index contributed by atoms with van der Waals surface area (Å²) in [6.45, 7) is 3.96. The van der Waals surface area contributed by atoms with Crippen LogP contribution in [0, 0.1) is 4.91 Å². The van der Waals surface area contributed by atoms with Gasteiger partial charge in [-0.1, -0.05) is 25.4 Å². The Bertz CT molecular complexity index is 442. The van der Waals surface area contributed by atoms with Crippen molar-refractivity contribution >= 4 is 5.69 Å². The van der Waals surface area contributed by atoms with Gasteiger partial charge in [0, 0.05) is 17.2 Å². The summed E-state index contributed by atoms with van der Waals surface area (Å²) in [5.41, 5.74) is 9.70. The van der Waals surface area contributed by atoms with Gasteiger partial charge in [-0.25, -0.2) is 0 Å². The average Bonchev–Trinajstić information content (AvgIpc) is 2.38. The molecule has 0 saturated heterocycles. The lowest BCUT2D eigenvalue weighted by Gasteiger charge is -2.19. The van der Waals surface area contributed by atoms with Gasteiger partial charge < -0.3 is 0 Å². The molecule has 96 valence electrons. The van der Waals surface area contributed by atoms with E-state index in [4.69, 9.17) is 5.53 Å². The fourth-order valence-electron chi connectivity index (χ4n) is 2.11. The van der Waals surface area contributed by atoms with Crippen molar-refractivity contribution < 1.29 is 0 Å². The quantitative estimate of drug-likeness (QED) is 0.308. The molecule has 6 heteroatoms. The third-order valence-electron chi connectivity index (χ3n) is 2.88. The molecule has 0 fully saturated rings. The molecular weight excluding hydrogens is 230 g/mol. The maximum atomic E-state index is 10.8. The summed E-state index contributed by atoms with van der Waals surface area (Å²) in [6, 6.07) is 1.72. The van der Waals surface area contributed by atoms with Crippen molar-refractivity contribution in [1.82, 2.24) is 4.98 Å². The molecule has 0 radical (unpaired) electrons. The molecule has 1 aromatic heterocycles. The van der Waals surface area contributed by atoms with Crippen LogP contribution in [0.15, 0.2) is 28.8 Å². The van der Waals surface area contributed by atoms with Gasteiger partial charge in [0.2, 0.25) is 0 Å². The van der Waals surface area contributed by atoms with E-state index in [1.807, 2.05) is 13.0 Å². The van der Waals surface area contributed by atoms with Crippen molar-refractivity contribution in [2.75, 3.05) is 0 Å². The van der Waals surface area contributed by atoms with E-state index in [2.05, 4.69) is 27.1 Å². The van der Waals surface area contributed by atoms with Crippen molar-refractivity contribution in [2.24, 2.45) is 10.3 Å². The number of rotatable bonds is 7. The summed E-state index contributed by atoms with van der Waals surface area (Å²) in [5.74, 6) is 0.172. The van der Waals surface area contributed by atoms with E-state index in [0.29, 0.717) is 12.1 Å². The first-order valence-electron chi connectivity index (χ1n) is 6.04. The number of nitroso groups, excluding NO2 is 1. The third-order valence-corrected chi connectivity index (χ3v) is 2.88. The number of nitrogens with zero attached hydrogens (tertiary/aromatic N) is 5. The first-order chi connectivity index (χ1) is 8.72. The van der Waals surface area contributed by atoms with E-state index in [0.717, 1.165) is 18.4 Å². The summed E-state index contributed by atoms with van der Waals surface area (Å²) in [6.07, 6.45) is 5.77. The first-order valence-corrected chi connectivity index (χ1v) is 6.04. The molecule has 6 nitrogen and oxygen atoms in total. The topological polar surface area (TPSA) is 91.1 Å². The maximum Gasteiger partial charge on any atom is 0.129 e. The fourth-order valence-corrected chi connectivity index (χ4v) is 2.11. The second-order valence-electron chi connectivity index (χ2n) is 4.30. The highest BCUT2D eigenvalue weighted by molar-refractivity contribution is 5.45. The van der Waals surface area contributed by atoms with Gasteiger partial charge in [0.15, 0.2) is 0 Å². The van der Waals surface area contributed by atoms with E-state index in [1.54, 1.807) is 6.20 Å². The van der Waals surface area contributed by atoms with Crippen molar-refractivity contribution in [2.45, 2.75) is 45.1 Å². The summed E-state index contributed by atoms with van der Waals surface area (Å²) in [4.78, 5) is 17.5. The number of aromatic nitrogens is 1. The minimum absolute atomic E-state index is 0.0979. The van der Waals surface area contributed by atoms with Crippen LogP contribution in [0.5, 0.6) is 0 Å². The van der Waals surface area contributed by atoms with E-state index in [-0.39, 0.29) is 12.0 Å². The maximum absolute atomic E-state index is 10.8. The second kappa shape index (κ2) is 7.40. The van der Waals surface area contributed by atoms with Gasteiger partial charge >= 0.3 is 0 Å². The molecule has 2 unspecified atom stereocenters. The van der Waals surface area contributed by atoms with Gasteiger partial charge in [0.05, 0.1) is 6.20 Å². The van der Waals surface area contributed by atoms with Gasteiger partial charge in [0.1, 0.15) is 5.69 Å². The normalized spacial score (nSPS) is 13.4. The van der Waals surface area contributed by atoms with E-state index < -0.39 is 0 Å². The molecule has 0 amide bonds. The van der Waals surface area contributed by atoms with Crippen LogP contribution in [-0.4, -0.2) is 11.0 Å². The van der Waals surface area contributed by atoms with Gasteiger partial charge in [-0.15, -0.1) is 4.91 Å². The lowest BCUT2D eigenvalue weighted by molar-refractivity contribution is 0.516. The predicted molar refractivity (Wildman–Crippen MR) is 70.6 cm³/mol. The van der Waals surface area contributed by atoms with Crippen molar-refractivity contribution in [3.8, 4) is 0 Å². The molecular formula is C12H17N5O. The molecule has 1 aromatic rings. The molecule has 18 heavy (non-hydrogen) atoms. The van der Waals surface area contributed by atoms with Crippen LogP contribution in [-0.2, 0) is 0 Å². The molecule has 1 heterocycles. The van der Waals surface area contributed by atoms with E-state index in [9.17, 15) is 4.91 Å². The minimum atomic E-state index is -0.0979. The number of azide groups is 1. The molecule has 0 saturated carbocycles. The SMILES string of the molecule is CCCC(CC(C)N=[N+]=[N-])c1ccncc1N=O. The molecule has 0 aliphatic heterocycles. The van der Waals surface area contributed by atoms with Crippen molar-refractivity contribution in [1.29, 1.82) is 0 Å². The number of hydrogen-bond acceptors (Lipinski definition) is 4. The van der Waals surface area contributed by atoms with Crippen LogP contribution in [0.2, 0.25) is 0 Å². The van der Waals surface area contributed by atoms with Gasteiger partial charge in [-0.05, 0) is 41.1 Å². The Morgan fingerprint density at radius 1 is 1.56 bits per heavy atom. The Labute approximate surface area is 106 Å². The minimum Gasteiger partial charge on any atom is -0.262 e. The van der Waals surface area contributed by atoms with Crippen LogP contribution in [0.1, 0.15) is 44.6 Å². The van der Waals surface area contributed by atoms with Gasteiger partial charge in [-0.2, -0.15) is 0 Å². The molecule has 0 bridgehead atoms. The molecule has 0 aliphatic rings. The zero-order valence-corrected chi connectivity index (χ0v) is 10.7. The average molecular weight is 247 g/mol. The van der Waals surface area contributed by atoms with Crippen LogP contribution in [0.4, 0.5) is 5.69 Å². The summed E-state index contributed by atoms with van der Waals surface area (Å²) < 4.78 is 0. The van der Waals surface area contributed by atoms with Crippen LogP contribution in [0.25, 0.3) is 10.4 Å². The van der Waals surface area contributed by atoms with Crippen molar-refractivity contribution in [3.63, 3.8) is 0 Å². The standard InChI is InChI=1S/C12H17N5O/c1-3-4-10(7-9(2)15-17-13)11-5-6-14-8-12(11)16-18/h5-6,8-10H,3-4,7H2,1-2H3. The molecule has 2 atom stereocenters. The first kappa shape index (κ1) is 14.1. The lowest BCUT2D eigenvalue weighted by atomic mass is 9.88. The highest BCUT2D eigenvalue weighted by atomic mass is 16.3. The van der Waals surface area contributed by atoms with Crippen LogP contribution < -0.4 is 0 Å². The number of pyridine rings is 1. The van der Waals surface area contributed by atoms with Crippen molar-refractivity contribution in [3.05, 3.63) is 39.4 Å². The smallest absolute Gasteiger partial charge is 0.129 e. The Morgan fingerprint density at radius 3 is 2.94 bits per heavy atom. The predicted octanol–water partition coefficient (Wildman–Crippen LogP) is 4.45. The largest absolute Gasteiger partial charge is 0.262 e. The Hall–Kier alpha value is -1.94. The Kier molecular flexibility index (Phi) is 5.80. The highest BCUT2D eigenvalue weighted by Crippen LogP contribution is 2.33.